The van der Waals surface area contributed by atoms with Crippen LogP contribution >= 0.6 is 0 Å². The average Bonchev–Trinajstić information content (AvgIpc) is 2.94. The molecule has 3 rings (SSSR count). The number of nitrogens with zero attached hydrogens (tertiary/aromatic N) is 2. The second kappa shape index (κ2) is 7.83. The zero-order valence-corrected chi connectivity index (χ0v) is 15.4. The van der Waals surface area contributed by atoms with E-state index in [1.807, 2.05) is 86.1 Å². The van der Waals surface area contributed by atoms with Crippen LogP contribution < -0.4 is 5.32 Å². The van der Waals surface area contributed by atoms with Crippen LogP contribution in [0.1, 0.15) is 28.1 Å². The number of nitrogens with one attached hydrogen (secondary N) is 1. The summed E-state index contributed by atoms with van der Waals surface area (Å²) in [6.45, 7) is 6.49. The topological polar surface area (TPSA) is 46.9 Å². The number of aryl methyl sites for hydroxylation is 2. The van der Waals surface area contributed by atoms with Crippen molar-refractivity contribution < 1.29 is 4.79 Å². The molecule has 0 fully saturated rings. The first-order valence-electron chi connectivity index (χ1n) is 8.67. The van der Waals surface area contributed by atoms with Crippen molar-refractivity contribution in [2.24, 2.45) is 0 Å². The van der Waals surface area contributed by atoms with Gasteiger partial charge >= 0.3 is 0 Å². The Hall–Kier alpha value is -3.14. The monoisotopic (exact) mass is 345 g/mol. The van der Waals surface area contributed by atoms with Crippen LogP contribution in [-0.2, 0) is 11.3 Å². The van der Waals surface area contributed by atoms with Crippen molar-refractivity contribution in [3.05, 3.63) is 88.8 Å². The largest absolute Gasteiger partial charge is 0.348 e. The molecule has 1 N–H and O–H groups in total. The lowest BCUT2D eigenvalue weighted by atomic mass is 10.1. The second-order valence-corrected chi connectivity index (χ2v) is 6.36. The predicted octanol–water partition coefficient (Wildman–Crippen LogP) is 4.13. The fourth-order valence-electron chi connectivity index (χ4n) is 2.84. The van der Waals surface area contributed by atoms with Crippen molar-refractivity contribution in [3.63, 3.8) is 0 Å². The van der Waals surface area contributed by atoms with Crippen LogP contribution in [0.2, 0.25) is 0 Å². The molecule has 0 saturated carbocycles. The van der Waals surface area contributed by atoms with Crippen molar-refractivity contribution in [1.82, 2.24) is 15.1 Å². The molecular formula is C22H23N3O. The van der Waals surface area contributed by atoms with Crippen LogP contribution in [0.25, 0.3) is 11.8 Å². The Morgan fingerprint density at radius 3 is 2.42 bits per heavy atom. The predicted molar refractivity (Wildman–Crippen MR) is 105 cm³/mol. The maximum atomic E-state index is 12.1. The van der Waals surface area contributed by atoms with Gasteiger partial charge in [-0.05, 0) is 44.5 Å². The Morgan fingerprint density at radius 1 is 1.04 bits per heavy atom. The number of hydrogen-bond donors (Lipinski definition) is 1. The lowest BCUT2D eigenvalue weighted by Gasteiger charge is -2.06. The molecule has 0 saturated heterocycles. The van der Waals surface area contributed by atoms with Gasteiger partial charge in [0.15, 0.2) is 0 Å². The van der Waals surface area contributed by atoms with Gasteiger partial charge in [-0.2, -0.15) is 5.10 Å². The molecule has 0 bridgehead atoms. The number of rotatable bonds is 5. The first kappa shape index (κ1) is 17.7. The van der Waals surface area contributed by atoms with Crippen LogP contribution in [0.3, 0.4) is 0 Å². The zero-order valence-electron chi connectivity index (χ0n) is 15.4. The van der Waals surface area contributed by atoms with Crippen molar-refractivity contribution in [2.75, 3.05) is 0 Å². The molecule has 1 heterocycles. The van der Waals surface area contributed by atoms with Gasteiger partial charge in [0.1, 0.15) is 0 Å². The average molecular weight is 345 g/mol. The van der Waals surface area contributed by atoms with Gasteiger partial charge in [-0.15, -0.1) is 0 Å². The highest BCUT2D eigenvalue weighted by atomic mass is 16.1. The number of hydrogen-bond acceptors (Lipinski definition) is 2. The van der Waals surface area contributed by atoms with Crippen LogP contribution in [0.5, 0.6) is 0 Å². The minimum atomic E-state index is -0.114. The van der Waals surface area contributed by atoms with E-state index < -0.39 is 0 Å². The van der Waals surface area contributed by atoms with E-state index in [1.54, 1.807) is 6.08 Å². The van der Waals surface area contributed by atoms with Gasteiger partial charge in [-0.25, -0.2) is 4.68 Å². The van der Waals surface area contributed by atoms with Gasteiger partial charge in [0.25, 0.3) is 0 Å². The summed E-state index contributed by atoms with van der Waals surface area (Å²) in [4.78, 5) is 12.1. The van der Waals surface area contributed by atoms with Crippen LogP contribution in [0.4, 0.5) is 0 Å². The van der Waals surface area contributed by atoms with Gasteiger partial charge < -0.3 is 5.32 Å². The summed E-state index contributed by atoms with van der Waals surface area (Å²) in [6, 6.07) is 18.1. The Bertz CT molecular complexity index is 922. The van der Waals surface area contributed by atoms with E-state index in [1.165, 1.54) is 5.56 Å². The summed E-state index contributed by atoms with van der Waals surface area (Å²) in [5.41, 5.74) is 6.24. The van der Waals surface area contributed by atoms with Crippen molar-refractivity contribution in [3.8, 4) is 5.69 Å². The third-order valence-electron chi connectivity index (χ3n) is 4.39. The molecule has 0 unspecified atom stereocenters. The van der Waals surface area contributed by atoms with Crippen LogP contribution in [0.15, 0.2) is 60.7 Å². The van der Waals surface area contributed by atoms with Gasteiger partial charge in [0.05, 0.1) is 11.4 Å². The van der Waals surface area contributed by atoms with Crippen molar-refractivity contribution in [2.45, 2.75) is 27.3 Å². The van der Waals surface area contributed by atoms with Crippen LogP contribution in [0, 0.1) is 20.8 Å². The SMILES string of the molecule is Cc1ccc(/C=C/C(=O)NCc2c(C)nn(-c3ccccc3)c2C)cc1. The fourth-order valence-corrected chi connectivity index (χ4v) is 2.84. The van der Waals surface area contributed by atoms with Crippen molar-refractivity contribution in [1.29, 1.82) is 0 Å². The van der Waals surface area contributed by atoms with Gasteiger partial charge in [0, 0.05) is 23.9 Å². The molecule has 1 amide bonds. The number of carbonyl (C=O) groups is 1. The zero-order chi connectivity index (χ0) is 18.5. The first-order chi connectivity index (χ1) is 12.5. The highest BCUT2D eigenvalue weighted by molar-refractivity contribution is 5.91. The number of carbonyl (C=O) groups excluding carboxylic acids is 1. The van der Waals surface area contributed by atoms with E-state index in [4.69, 9.17) is 0 Å². The lowest BCUT2D eigenvalue weighted by molar-refractivity contribution is -0.116. The molecule has 0 aliphatic heterocycles. The highest BCUT2D eigenvalue weighted by Crippen LogP contribution is 2.17. The van der Waals surface area contributed by atoms with Gasteiger partial charge in [-0.3, -0.25) is 4.79 Å². The standard InChI is InChI=1S/C22H23N3O/c1-16-9-11-19(12-10-16)13-14-22(26)23-15-21-17(2)24-25(18(21)3)20-7-5-4-6-8-20/h4-14H,15H2,1-3H3,(H,23,26)/b14-13+. The minimum absolute atomic E-state index is 0.114. The normalized spacial score (nSPS) is 11.0. The molecule has 0 radical (unpaired) electrons. The maximum Gasteiger partial charge on any atom is 0.244 e. The molecule has 3 aromatic rings. The summed E-state index contributed by atoms with van der Waals surface area (Å²) in [5.74, 6) is -0.114. The molecule has 2 aromatic carbocycles. The van der Waals surface area contributed by atoms with E-state index in [0.717, 1.165) is 28.2 Å². The Labute approximate surface area is 154 Å². The summed E-state index contributed by atoms with van der Waals surface area (Å²) in [5, 5.41) is 7.56. The molecule has 4 heteroatoms. The lowest BCUT2D eigenvalue weighted by Crippen LogP contribution is -2.21. The van der Waals surface area contributed by atoms with E-state index in [2.05, 4.69) is 10.4 Å². The van der Waals surface area contributed by atoms with E-state index >= 15 is 0 Å². The summed E-state index contributed by atoms with van der Waals surface area (Å²) >= 11 is 0. The third kappa shape index (κ3) is 4.09. The highest BCUT2D eigenvalue weighted by Gasteiger charge is 2.12. The molecule has 132 valence electrons. The second-order valence-electron chi connectivity index (χ2n) is 6.36. The summed E-state index contributed by atoms with van der Waals surface area (Å²) in [7, 11) is 0. The smallest absolute Gasteiger partial charge is 0.244 e. The van der Waals surface area contributed by atoms with E-state index in [0.29, 0.717) is 6.54 Å². The molecule has 0 spiro atoms. The Balaban J connectivity index is 1.67. The molecule has 0 aliphatic carbocycles. The number of benzene rings is 2. The molecule has 0 aliphatic rings. The molecular weight excluding hydrogens is 322 g/mol. The maximum absolute atomic E-state index is 12.1. The Morgan fingerprint density at radius 2 is 1.73 bits per heavy atom. The van der Waals surface area contributed by atoms with Crippen molar-refractivity contribution >= 4 is 12.0 Å². The summed E-state index contributed by atoms with van der Waals surface area (Å²) < 4.78 is 1.92. The quantitative estimate of drug-likeness (QED) is 0.707. The van der Waals surface area contributed by atoms with E-state index in [9.17, 15) is 4.79 Å². The minimum Gasteiger partial charge on any atom is -0.348 e. The number of aromatic nitrogens is 2. The summed E-state index contributed by atoms with van der Waals surface area (Å²) in [6.07, 6.45) is 3.39. The van der Waals surface area contributed by atoms with Crippen LogP contribution in [-0.4, -0.2) is 15.7 Å². The molecule has 26 heavy (non-hydrogen) atoms. The number of para-hydroxylation sites is 1. The van der Waals surface area contributed by atoms with Gasteiger partial charge in [-0.1, -0.05) is 48.0 Å². The van der Waals surface area contributed by atoms with E-state index in [-0.39, 0.29) is 5.91 Å². The molecule has 4 nitrogen and oxygen atoms in total. The molecule has 1 aromatic heterocycles. The fraction of sp³-hybridized carbons (Fsp3) is 0.182. The Kier molecular flexibility index (Phi) is 5.32. The number of amides is 1. The van der Waals surface area contributed by atoms with Gasteiger partial charge in [0.2, 0.25) is 5.91 Å². The first-order valence-corrected chi connectivity index (χ1v) is 8.67. The third-order valence-corrected chi connectivity index (χ3v) is 4.39. The molecule has 0 atom stereocenters.